The number of benzene rings is 2. The van der Waals surface area contributed by atoms with Gasteiger partial charge in [0.05, 0.1) is 21.0 Å². The predicted molar refractivity (Wildman–Crippen MR) is 121 cm³/mol. The molecule has 8 heteroatoms. The van der Waals surface area contributed by atoms with Gasteiger partial charge in [0.2, 0.25) is 11.8 Å². The van der Waals surface area contributed by atoms with E-state index in [9.17, 15) is 4.79 Å². The van der Waals surface area contributed by atoms with Gasteiger partial charge in [-0.3, -0.25) is 4.79 Å². The number of thiazole rings is 1. The normalized spacial score (nSPS) is 11.2. The number of carbonyl (C=O) groups excluding carboxylic acids is 1. The first-order valence-corrected chi connectivity index (χ1v) is 11.5. The van der Waals surface area contributed by atoms with Crippen LogP contribution in [0.15, 0.2) is 46.0 Å². The number of hydrogen-bond donors (Lipinski definition) is 1. The van der Waals surface area contributed by atoms with Gasteiger partial charge in [0.25, 0.3) is 5.22 Å². The summed E-state index contributed by atoms with van der Waals surface area (Å²) in [6.07, 6.45) is 1.37. The molecule has 0 saturated carbocycles. The minimum atomic E-state index is -0.0933. The lowest BCUT2D eigenvalue weighted by atomic mass is 10.1. The summed E-state index contributed by atoms with van der Waals surface area (Å²) in [7, 11) is 0. The van der Waals surface area contributed by atoms with Gasteiger partial charge in [-0.25, -0.2) is 4.98 Å². The molecule has 1 N–H and O–H groups in total. The van der Waals surface area contributed by atoms with E-state index in [2.05, 4.69) is 38.7 Å². The lowest BCUT2D eigenvalue weighted by Gasteiger charge is -2.12. The molecule has 154 valence electrons. The number of thioether (sulfide) groups is 1. The molecule has 0 unspecified atom stereocenters. The van der Waals surface area contributed by atoms with Crippen LogP contribution in [0.25, 0.3) is 10.2 Å². The highest BCUT2D eigenvalue weighted by Crippen LogP contribution is 2.24. The fourth-order valence-corrected chi connectivity index (χ4v) is 4.87. The minimum Gasteiger partial charge on any atom is -0.416 e. The topological polar surface area (TPSA) is 80.9 Å². The average Bonchev–Trinajstić information content (AvgIpc) is 3.33. The summed E-state index contributed by atoms with van der Waals surface area (Å²) in [5.74, 6) is 0.679. The number of anilines is 1. The van der Waals surface area contributed by atoms with Crippen LogP contribution in [0.4, 0.5) is 5.69 Å². The summed E-state index contributed by atoms with van der Waals surface area (Å²) >= 11 is 2.93. The molecule has 0 spiro atoms. The number of fused-ring (bicyclic) bond motifs is 1. The van der Waals surface area contributed by atoms with Crippen molar-refractivity contribution in [3.8, 4) is 0 Å². The van der Waals surface area contributed by atoms with Crippen molar-refractivity contribution in [1.82, 2.24) is 15.2 Å². The molecule has 0 aliphatic carbocycles. The second-order valence-corrected chi connectivity index (χ2v) is 9.19. The molecule has 2 heterocycles. The number of aryl methyl sites for hydroxylation is 5. The number of nitrogens with one attached hydrogen (secondary N) is 1. The smallest absolute Gasteiger partial charge is 0.277 e. The molecule has 30 heavy (non-hydrogen) atoms. The summed E-state index contributed by atoms with van der Waals surface area (Å²) in [5.41, 5.74) is 5.18. The summed E-state index contributed by atoms with van der Waals surface area (Å²) < 4.78 is 6.86. The van der Waals surface area contributed by atoms with Crippen molar-refractivity contribution in [3.05, 3.63) is 64.0 Å². The van der Waals surface area contributed by atoms with Crippen LogP contribution < -0.4 is 5.32 Å². The van der Waals surface area contributed by atoms with Gasteiger partial charge in [0.1, 0.15) is 0 Å². The Morgan fingerprint density at radius 3 is 2.63 bits per heavy atom. The largest absolute Gasteiger partial charge is 0.416 e. The van der Waals surface area contributed by atoms with Crippen LogP contribution in [0.2, 0.25) is 0 Å². The van der Waals surface area contributed by atoms with Crippen molar-refractivity contribution >= 4 is 44.9 Å². The van der Waals surface area contributed by atoms with E-state index in [1.165, 1.54) is 22.0 Å². The Morgan fingerprint density at radius 2 is 1.87 bits per heavy atom. The molecule has 2 aromatic heterocycles. The highest BCUT2D eigenvalue weighted by Gasteiger charge is 2.13. The SMILES string of the molecule is Cc1cc(C)c(NC(=O)CSc2nnc(CCc3nc4ccccc4s3)o2)c(C)c1. The van der Waals surface area contributed by atoms with Crippen LogP contribution in [0, 0.1) is 20.8 Å². The Balaban J connectivity index is 1.29. The van der Waals surface area contributed by atoms with Crippen LogP contribution in [0.1, 0.15) is 27.6 Å². The molecular weight excluding hydrogens is 416 g/mol. The van der Waals surface area contributed by atoms with Crippen molar-refractivity contribution in [3.63, 3.8) is 0 Å². The molecule has 2 aromatic carbocycles. The zero-order chi connectivity index (χ0) is 21.1. The van der Waals surface area contributed by atoms with Crippen molar-refractivity contribution in [2.45, 2.75) is 38.8 Å². The van der Waals surface area contributed by atoms with E-state index >= 15 is 0 Å². The van der Waals surface area contributed by atoms with Gasteiger partial charge in [0.15, 0.2) is 0 Å². The summed E-state index contributed by atoms with van der Waals surface area (Å²) in [6.45, 7) is 6.04. The molecule has 0 bridgehead atoms. The maximum atomic E-state index is 12.3. The first-order chi connectivity index (χ1) is 14.5. The van der Waals surface area contributed by atoms with Gasteiger partial charge in [0, 0.05) is 18.5 Å². The molecular formula is C22H22N4O2S2. The second-order valence-electron chi connectivity index (χ2n) is 7.15. The Morgan fingerprint density at radius 1 is 1.10 bits per heavy atom. The molecule has 0 aliphatic rings. The number of aromatic nitrogens is 3. The zero-order valence-electron chi connectivity index (χ0n) is 17.1. The second kappa shape index (κ2) is 8.97. The Labute approximate surface area is 183 Å². The number of para-hydroxylation sites is 1. The monoisotopic (exact) mass is 438 g/mol. The van der Waals surface area contributed by atoms with Gasteiger partial charge < -0.3 is 9.73 Å². The molecule has 0 saturated heterocycles. The van der Waals surface area contributed by atoms with E-state index in [0.29, 0.717) is 17.5 Å². The zero-order valence-corrected chi connectivity index (χ0v) is 18.7. The number of amides is 1. The van der Waals surface area contributed by atoms with E-state index in [1.807, 2.05) is 39.0 Å². The molecule has 4 rings (SSSR count). The number of rotatable bonds is 7. The predicted octanol–water partition coefficient (Wildman–Crippen LogP) is 5.12. The van der Waals surface area contributed by atoms with Crippen molar-refractivity contribution in [2.75, 3.05) is 11.1 Å². The Kier molecular flexibility index (Phi) is 6.15. The molecule has 0 atom stereocenters. The lowest BCUT2D eigenvalue weighted by Crippen LogP contribution is -2.15. The number of carbonyl (C=O) groups is 1. The van der Waals surface area contributed by atoms with Crippen molar-refractivity contribution < 1.29 is 9.21 Å². The van der Waals surface area contributed by atoms with E-state index in [4.69, 9.17) is 4.42 Å². The van der Waals surface area contributed by atoms with Gasteiger partial charge in [-0.15, -0.1) is 21.5 Å². The first kappa shape index (κ1) is 20.6. The highest BCUT2D eigenvalue weighted by atomic mass is 32.2. The molecule has 0 radical (unpaired) electrons. The Bertz CT molecular complexity index is 1140. The number of nitrogens with zero attached hydrogens (tertiary/aromatic N) is 3. The first-order valence-electron chi connectivity index (χ1n) is 9.65. The van der Waals surface area contributed by atoms with Crippen LogP contribution in [0.3, 0.4) is 0 Å². The molecule has 4 aromatic rings. The fourth-order valence-electron chi connectivity index (χ4n) is 3.32. The van der Waals surface area contributed by atoms with E-state index in [-0.39, 0.29) is 11.7 Å². The molecule has 0 fully saturated rings. The van der Waals surface area contributed by atoms with Crippen LogP contribution in [-0.2, 0) is 17.6 Å². The molecule has 1 amide bonds. The van der Waals surface area contributed by atoms with Crippen molar-refractivity contribution in [1.29, 1.82) is 0 Å². The van der Waals surface area contributed by atoms with Gasteiger partial charge in [-0.1, -0.05) is 41.6 Å². The van der Waals surface area contributed by atoms with E-state index < -0.39 is 0 Å². The Hall–Kier alpha value is -2.71. The average molecular weight is 439 g/mol. The third kappa shape index (κ3) is 4.88. The standard InChI is InChI=1S/C22H22N4O2S2/c1-13-10-14(2)21(15(3)11-13)24-18(27)12-29-22-26-25-19(28-22)8-9-20-23-16-6-4-5-7-17(16)30-20/h4-7,10-11H,8-9,12H2,1-3H3,(H,24,27). The summed E-state index contributed by atoms with van der Waals surface area (Å²) in [6, 6.07) is 12.2. The third-order valence-corrected chi connectivity index (χ3v) is 6.52. The third-order valence-electron chi connectivity index (χ3n) is 4.61. The van der Waals surface area contributed by atoms with E-state index in [0.717, 1.165) is 33.8 Å². The fraction of sp³-hybridized carbons (Fsp3) is 0.273. The minimum absolute atomic E-state index is 0.0933. The highest BCUT2D eigenvalue weighted by molar-refractivity contribution is 7.99. The maximum Gasteiger partial charge on any atom is 0.277 e. The van der Waals surface area contributed by atoms with Crippen LogP contribution in [-0.4, -0.2) is 26.8 Å². The van der Waals surface area contributed by atoms with Crippen LogP contribution >= 0.6 is 23.1 Å². The quantitative estimate of drug-likeness (QED) is 0.403. The van der Waals surface area contributed by atoms with Crippen molar-refractivity contribution in [2.24, 2.45) is 0 Å². The van der Waals surface area contributed by atoms with Gasteiger partial charge in [-0.2, -0.15) is 0 Å². The molecule has 0 aliphatic heterocycles. The summed E-state index contributed by atoms with van der Waals surface area (Å²) in [5, 5.41) is 12.6. The molecule has 6 nitrogen and oxygen atoms in total. The number of hydrogen-bond acceptors (Lipinski definition) is 7. The van der Waals surface area contributed by atoms with Gasteiger partial charge >= 0.3 is 0 Å². The van der Waals surface area contributed by atoms with Crippen LogP contribution in [0.5, 0.6) is 0 Å². The summed E-state index contributed by atoms with van der Waals surface area (Å²) in [4.78, 5) is 17.0. The maximum absolute atomic E-state index is 12.3. The lowest BCUT2D eigenvalue weighted by molar-refractivity contribution is -0.113. The van der Waals surface area contributed by atoms with E-state index in [1.54, 1.807) is 11.3 Å². The van der Waals surface area contributed by atoms with Gasteiger partial charge in [-0.05, 0) is 44.0 Å².